The number of rotatable bonds is 1. The summed E-state index contributed by atoms with van der Waals surface area (Å²) in [5, 5.41) is 9.02. The number of carbonyl (C=O) groups excluding carboxylic acids is 1. The van der Waals surface area contributed by atoms with Crippen molar-refractivity contribution >= 4 is 11.6 Å². The molecule has 1 aromatic carbocycles. The van der Waals surface area contributed by atoms with Crippen molar-refractivity contribution in [3.05, 3.63) is 29.6 Å². The third kappa shape index (κ3) is 1.78. The molecule has 2 rings (SSSR count). The number of aliphatic hydroxyl groups excluding tert-OH is 1. The Morgan fingerprint density at radius 2 is 2.20 bits per heavy atom. The van der Waals surface area contributed by atoms with Crippen LogP contribution < -0.4 is 5.73 Å². The first kappa shape index (κ1) is 9.92. The summed E-state index contributed by atoms with van der Waals surface area (Å²) in [7, 11) is 0. The number of nitrogens with zero attached hydrogens (tertiary/aromatic N) is 1. The molecule has 1 aliphatic heterocycles. The van der Waals surface area contributed by atoms with Gasteiger partial charge in [-0.1, -0.05) is 0 Å². The van der Waals surface area contributed by atoms with Crippen molar-refractivity contribution in [3.63, 3.8) is 0 Å². The molecule has 0 bridgehead atoms. The summed E-state index contributed by atoms with van der Waals surface area (Å²) < 4.78 is 13.1. The molecule has 80 valence electrons. The average Bonchev–Trinajstić information content (AvgIpc) is 2.16. The summed E-state index contributed by atoms with van der Waals surface area (Å²) >= 11 is 0. The highest BCUT2D eigenvalue weighted by atomic mass is 19.1. The lowest BCUT2D eigenvalue weighted by Crippen LogP contribution is -2.53. The highest BCUT2D eigenvalue weighted by Gasteiger charge is 2.29. The Hall–Kier alpha value is -1.62. The Kier molecular flexibility index (Phi) is 2.32. The van der Waals surface area contributed by atoms with Crippen LogP contribution in [0.3, 0.4) is 0 Å². The van der Waals surface area contributed by atoms with Gasteiger partial charge in [0.15, 0.2) is 0 Å². The zero-order valence-electron chi connectivity index (χ0n) is 7.98. The minimum absolute atomic E-state index is 0.0233. The van der Waals surface area contributed by atoms with Gasteiger partial charge in [0.1, 0.15) is 5.82 Å². The number of hydrogen-bond acceptors (Lipinski definition) is 3. The molecule has 1 aliphatic rings. The number of aliphatic hydroxyl groups is 1. The number of nitrogens with two attached hydrogens (primary N) is 1. The van der Waals surface area contributed by atoms with E-state index in [2.05, 4.69) is 0 Å². The molecule has 1 fully saturated rings. The van der Waals surface area contributed by atoms with E-state index in [1.807, 2.05) is 0 Å². The van der Waals surface area contributed by atoms with E-state index in [4.69, 9.17) is 10.8 Å². The van der Waals surface area contributed by atoms with Crippen LogP contribution >= 0.6 is 0 Å². The normalized spacial score (nSPS) is 16.3. The molecule has 0 atom stereocenters. The third-order valence-electron chi connectivity index (χ3n) is 2.40. The second-order valence-corrected chi connectivity index (χ2v) is 3.60. The lowest BCUT2D eigenvalue weighted by molar-refractivity contribution is 0.00587. The summed E-state index contributed by atoms with van der Waals surface area (Å²) in [6.07, 6.45) is -0.451. The van der Waals surface area contributed by atoms with Crippen molar-refractivity contribution in [2.24, 2.45) is 0 Å². The highest BCUT2D eigenvalue weighted by Crippen LogP contribution is 2.16. The van der Waals surface area contributed by atoms with Crippen LogP contribution in [-0.2, 0) is 0 Å². The van der Waals surface area contributed by atoms with Gasteiger partial charge in [0.05, 0.1) is 11.8 Å². The van der Waals surface area contributed by atoms with Crippen molar-refractivity contribution in [2.45, 2.75) is 6.10 Å². The fraction of sp³-hybridized carbons (Fsp3) is 0.300. The lowest BCUT2D eigenvalue weighted by atomic mass is 10.1. The third-order valence-corrected chi connectivity index (χ3v) is 2.40. The minimum atomic E-state index is -0.595. The molecule has 3 N–H and O–H groups in total. The summed E-state index contributed by atoms with van der Waals surface area (Å²) in [6, 6.07) is 3.95. The van der Waals surface area contributed by atoms with E-state index in [1.165, 1.54) is 17.0 Å². The zero-order valence-corrected chi connectivity index (χ0v) is 7.98. The Balaban J connectivity index is 2.16. The second kappa shape index (κ2) is 3.51. The summed E-state index contributed by atoms with van der Waals surface area (Å²) in [5.41, 5.74) is 5.57. The van der Waals surface area contributed by atoms with Gasteiger partial charge in [-0.05, 0) is 18.2 Å². The number of halogens is 1. The van der Waals surface area contributed by atoms with Gasteiger partial charge in [-0.3, -0.25) is 4.79 Å². The standard InChI is InChI=1S/C10H11FN2O2/c11-8-3-6(1-2-9(8)12)10(15)13-4-7(14)5-13/h1-3,7,14H,4-5,12H2. The van der Waals surface area contributed by atoms with Crippen molar-refractivity contribution in [2.75, 3.05) is 18.8 Å². The van der Waals surface area contributed by atoms with Gasteiger partial charge in [-0.25, -0.2) is 4.39 Å². The Bertz CT molecular complexity index is 402. The number of anilines is 1. The molecule has 0 aliphatic carbocycles. The quantitative estimate of drug-likeness (QED) is 0.652. The van der Waals surface area contributed by atoms with Crippen LogP contribution in [0.5, 0.6) is 0 Å². The van der Waals surface area contributed by atoms with Crippen molar-refractivity contribution in [1.29, 1.82) is 0 Å². The Morgan fingerprint density at radius 1 is 1.53 bits per heavy atom. The van der Waals surface area contributed by atoms with E-state index in [-0.39, 0.29) is 17.2 Å². The van der Waals surface area contributed by atoms with Crippen LogP contribution in [0.1, 0.15) is 10.4 Å². The SMILES string of the molecule is Nc1ccc(C(=O)N2CC(O)C2)cc1F. The second-order valence-electron chi connectivity index (χ2n) is 3.60. The first-order chi connectivity index (χ1) is 7.08. The van der Waals surface area contributed by atoms with E-state index in [9.17, 15) is 9.18 Å². The zero-order chi connectivity index (χ0) is 11.0. The number of hydrogen-bond donors (Lipinski definition) is 2. The van der Waals surface area contributed by atoms with Gasteiger partial charge < -0.3 is 15.7 Å². The van der Waals surface area contributed by atoms with Crippen LogP contribution in [0.2, 0.25) is 0 Å². The maximum atomic E-state index is 13.1. The van der Waals surface area contributed by atoms with Gasteiger partial charge in [0.2, 0.25) is 0 Å². The molecule has 0 unspecified atom stereocenters. The fourth-order valence-electron chi connectivity index (χ4n) is 1.46. The predicted octanol–water partition coefficient (Wildman–Crippen LogP) is 0.225. The molecule has 1 amide bonds. The molecule has 15 heavy (non-hydrogen) atoms. The molecule has 4 nitrogen and oxygen atoms in total. The molecule has 1 saturated heterocycles. The number of likely N-dealkylation sites (tertiary alicyclic amines) is 1. The number of amides is 1. The molecule has 5 heteroatoms. The Morgan fingerprint density at radius 3 is 2.73 bits per heavy atom. The summed E-state index contributed by atoms with van der Waals surface area (Å²) in [5.74, 6) is -0.874. The molecule has 0 spiro atoms. The first-order valence-corrected chi connectivity index (χ1v) is 4.60. The summed E-state index contributed by atoms with van der Waals surface area (Å²) in [6.45, 7) is 0.621. The lowest BCUT2D eigenvalue weighted by Gasteiger charge is -2.35. The molecule has 0 radical (unpaired) electrons. The van der Waals surface area contributed by atoms with E-state index < -0.39 is 11.9 Å². The van der Waals surface area contributed by atoms with E-state index in [0.29, 0.717) is 13.1 Å². The van der Waals surface area contributed by atoms with Crippen LogP contribution in [0, 0.1) is 5.82 Å². The maximum Gasteiger partial charge on any atom is 0.254 e. The monoisotopic (exact) mass is 210 g/mol. The number of benzene rings is 1. The smallest absolute Gasteiger partial charge is 0.254 e. The van der Waals surface area contributed by atoms with Gasteiger partial charge in [0, 0.05) is 18.7 Å². The van der Waals surface area contributed by atoms with Gasteiger partial charge in [0.25, 0.3) is 5.91 Å². The van der Waals surface area contributed by atoms with Gasteiger partial charge in [-0.2, -0.15) is 0 Å². The van der Waals surface area contributed by atoms with E-state index in [0.717, 1.165) is 6.07 Å². The summed E-state index contributed by atoms with van der Waals surface area (Å²) in [4.78, 5) is 13.1. The fourth-order valence-corrected chi connectivity index (χ4v) is 1.46. The molecule has 1 heterocycles. The van der Waals surface area contributed by atoms with Crippen LogP contribution in [-0.4, -0.2) is 35.1 Å². The van der Waals surface area contributed by atoms with Crippen LogP contribution in [0.15, 0.2) is 18.2 Å². The number of nitrogen functional groups attached to an aromatic ring is 1. The molecule has 0 saturated carbocycles. The van der Waals surface area contributed by atoms with E-state index >= 15 is 0 Å². The Labute approximate surface area is 86.1 Å². The van der Waals surface area contributed by atoms with Crippen molar-refractivity contribution in [1.82, 2.24) is 4.90 Å². The predicted molar refractivity (Wildman–Crippen MR) is 52.7 cm³/mol. The van der Waals surface area contributed by atoms with E-state index in [1.54, 1.807) is 0 Å². The number of carbonyl (C=O) groups is 1. The molecule has 1 aromatic rings. The first-order valence-electron chi connectivity index (χ1n) is 4.60. The molecule has 0 aromatic heterocycles. The van der Waals surface area contributed by atoms with Crippen molar-refractivity contribution < 1.29 is 14.3 Å². The largest absolute Gasteiger partial charge is 0.396 e. The van der Waals surface area contributed by atoms with Gasteiger partial charge >= 0.3 is 0 Å². The topological polar surface area (TPSA) is 66.6 Å². The average molecular weight is 210 g/mol. The maximum absolute atomic E-state index is 13.1. The number of β-amino-alcohol motifs (C(OH)–C–C–N with tert-alkyl or cyclic N) is 1. The minimum Gasteiger partial charge on any atom is -0.396 e. The van der Waals surface area contributed by atoms with Crippen molar-refractivity contribution in [3.8, 4) is 0 Å². The van der Waals surface area contributed by atoms with Crippen LogP contribution in [0.4, 0.5) is 10.1 Å². The van der Waals surface area contributed by atoms with Gasteiger partial charge in [-0.15, -0.1) is 0 Å². The highest BCUT2D eigenvalue weighted by molar-refractivity contribution is 5.95. The van der Waals surface area contributed by atoms with Crippen LogP contribution in [0.25, 0.3) is 0 Å². The molecular formula is C10H11FN2O2. The molecular weight excluding hydrogens is 199 g/mol.